The molecule has 2 aromatic rings. The molecule has 0 radical (unpaired) electrons. The monoisotopic (exact) mass is 592 g/mol. The Labute approximate surface area is 250 Å². The fraction of sp³-hybridized carbons (Fsp3) is 0.455. The first-order chi connectivity index (χ1) is 20.0. The van der Waals surface area contributed by atoms with Crippen molar-refractivity contribution in [1.29, 1.82) is 0 Å². The highest BCUT2D eigenvalue weighted by atomic mass is 28.4. The summed E-state index contributed by atoms with van der Waals surface area (Å²) in [5.41, 5.74) is 2.98. The van der Waals surface area contributed by atoms with Gasteiger partial charge in [-0.3, -0.25) is 4.79 Å². The van der Waals surface area contributed by atoms with Crippen molar-refractivity contribution in [2.24, 2.45) is 0 Å². The molecule has 0 fully saturated rings. The lowest BCUT2D eigenvalue weighted by Crippen LogP contribution is -2.51. The molecule has 2 aliphatic heterocycles. The van der Waals surface area contributed by atoms with Gasteiger partial charge in [0.1, 0.15) is 12.4 Å². The number of amides is 2. The van der Waals surface area contributed by atoms with Gasteiger partial charge >= 0.3 is 6.09 Å². The van der Waals surface area contributed by atoms with Crippen LogP contribution in [-0.2, 0) is 11.3 Å². The maximum Gasteiger partial charge on any atom is 0.416 e. The van der Waals surface area contributed by atoms with Crippen LogP contribution in [0.1, 0.15) is 70.8 Å². The van der Waals surface area contributed by atoms with Crippen LogP contribution in [0.5, 0.6) is 11.5 Å². The van der Waals surface area contributed by atoms with Gasteiger partial charge < -0.3 is 23.9 Å². The van der Waals surface area contributed by atoms with Crippen LogP contribution in [0, 0.1) is 0 Å². The molecule has 0 spiro atoms. The molecular weight excluding hydrogens is 548 g/mol. The molecular formula is C33H44N2O6Si. The van der Waals surface area contributed by atoms with E-state index in [1.54, 1.807) is 25.4 Å². The number of hydrogen-bond acceptors (Lipinski definition) is 6. The number of hydrogen-bond donors (Lipinski definition) is 1. The van der Waals surface area contributed by atoms with Gasteiger partial charge in [-0.2, -0.15) is 0 Å². The van der Waals surface area contributed by atoms with Crippen LogP contribution in [0.15, 0.2) is 66.4 Å². The molecule has 2 aromatic carbocycles. The predicted octanol–water partition coefficient (Wildman–Crippen LogP) is 7.40. The number of benzene rings is 2. The van der Waals surface area contributed by atoms with Crippen LogP contribution in [0.3, 0.4) is 0 Å². The van der Waals surface area contributed by atoms with Gasteiger partial charge in [-0.15, -0.1) is 0 Å². The van der Waals surface area contributed by atoms with Gasteiger partial charge in [0, 0.05) is 12.3 Å². The van der Waals surface area contributed by atoms with Crippen LogP contribution < -0.4 is 14.1 Å². The highest BCUT2D eigenvalue weighted by Crippen LogP contribution is 2.47. The standard InChI is InChI=1S/C33H44N2O6Si/c1-9-13-25-16-28-32(37)35(33(38)40-20-24-14-11-10-12-15-24)27-18-30(41-42(21(2)3,22(4)5)23(6)7)29(39-8)17-26(27)31(36)34(28)19-25/h9-15,17-19,21-23,28,32,37H,16,20H2,1-8H3/b13-9+. The molecule has 226 valence electrons. The Bertz CT molecular complexity index is 1330. The van der Waals surface area contributed by atoms with Gasteiger partial charge in [-0.05, 0) is 47.2 Å². The predicted molar refractivity (Wildman–Crippen MR) is 167 cm³/mol. The molecule has 2 heterocycles. The summed E-state index contributed by atoms with van der Waals surface area (Å²) >= 11 is 0. The number of rotatable bonds is 9. The fourth-order valence-electron chi connectivity index (χ4n) is 6.60. The third kappa shape index (κ3) is 5.72. The molecule has 2 aliphatic rings. The molecule has 4 rings (SSSR count). The number of fused-ring (bicyclic) bond motifs is 2. The molecule has 0 aromatic heterocycles. The van der Waals surface area contributed by atoms with Gasteiger partial charge in [0.15, 0.2) is 12.0 Å². The average Bonchev–Trinajstić information content (AvgIpc) is 3.35. The van der Waals surface area contributed by atoms with Gasteiger partial charge in [0.05, 0.1) is 24.4 Å². The van der Waals surface area contributed by atoms with E-state index < -0.39 is 26.7 Å². The molecule has 0 bridgehead atoms. The van der Waals surface area contributed by atoms with Crippen molar-refractivity contribution in [2.75, 3.05) is 12.0 Å². The lowest BCUT2D eigenvalue weighted by molar-refractivity contribution is 0.0545. The Balaban J connectivity index is 1.87. The van der Waals surface area contributed by atoms with Crippen molar-refractivity contribution < 1.29 is 28.6 Å². The Morgan fingerprint density at radius 2 is 1.69 bits per heavy atom. The molecule has 8 nitrogen and oxygen atoms in total. The first kappa shape index (κ1) is 31.4. The Morgan fingerprint density at radius 1 is 1.05 bits per heavy atom. The number of aliphatic hydroxyl groups is 1. The van der Waals surface area contributed by atoms with E-state index in [9.17, 15) is 14.7 Å². The number of methoxy groups -OCH3 is 1. The zero-order valence-corrected chi connectivity index (χ0v) is 27.0. The van der Waals surface area contributed by atoms with E-state index in [4.69, 9.17) is 13.9 Å². The van der Waals surface area contributed by atoms with Crippen molar-refractivity contribution in [3.8, 4) is 11.5 Å². The largest absolute Gasteiger partial charge is 0.540 e. The summed E-state index contributed by atoms with van der Waals surface area (Å²) in [5, 5.41) is 11.8. The van der Waals surface area contributed by atoms with E-state index in [1.807, 2.05) is 49.4 Å². The van der Waals surface area contributed by atoms with Crippen LogP contribution in [0.2, 0.25) is 16.6 Å². The molecule has 2 atom stereocenters. The smallest absolute Gasteiger partial charge is 0.416 e. The Hall–Kier alpha value is -3.56. The van der Waals surface area contributed by atoms with E-state index in [0.717, 1.165) is 11.1 Å². The first-order valence-electron chi connectivity index (χ1n) is 14.7. The van der Waals surface area contributed by atoms with Gasteiger partial charge in [0.2, 0.25) is 0 Å². The third-order valence-electron chi connectivity index (χ3n) is 8.50. The minimum absolute atomic E-state index is 0.0201. The summed E-state index contributed by atoms with van der Waals surface area (Å²) in [6.45, 7) is 15.0. The number of nitrogens with zero attached hydrogens (tertiary/aromatic N) is 2. The molecule has 42 heavy (non-hydrogen) atoms. The summed E-state index contributed by atoms with van der Waals surface area (Å²) in [4.78, 5) is 30.5. The second-order valence-corrected chi connectivity index (χ2v) is 17.3. The Morgan fingerprint density at radius 3 is 2.26 bits per heavy atom. The third-order valence-corrected chi connectivity index (χ3v) is 14.5. The SMILES string of the molecule is C/C=C/C1=CN2C(=O)c3cc(OC)c(O[Si](C(C)C)(C(C)C)C(C)C)cc3N(C(=O)OCc3ccccc3)C(O)C2C1. The topological polar surface area (TPSA) is 88.5 Å². The first-order valence-corrected chi connectivity index (χ1v) is 16.8. The fourth-order valence-corrected chi connectivity index (χ4v) is 11.8. The van der Waals surface area contributed by atoms with Gasteiger partial charge in [0.25, 0.3) is 14.2 Å². The average molecular weight is 593 g/mol. The van der Waals surface area contributed by atoms with Gasteiger partial charge in [-0.1, -0.05) is 84.0 Å². The summed E-state index contributed by atoms with van der Waals surface area (Å²) in [6.07, 6.45) is 3.80. The van der Waals surface area contributed by atoms with Crippen molar-refractivity contribution in [2.45, 2.75) is 90.4 Å². The lowest BCUT2D eigenvalue weighted by Gasteiger charge is -2.42. The maximum absolute atomic E-state index is 14.0. The molecule has 2 unspecified atom stereocenters. The van der Waals surface area contributed by atoms with Crippen molar-refractivity contribution >= 4 is 26.0 Å². The highest BCUT2D eigenvalue weighted by Gasteiger charge is 2.49. The van der Waals surface area contributed by atoms with E-state index in [2.05, 4.69) is 41.5 Å². The summed E-state index contributed by atoms with van der Waals surface area (Å²) < 4.78 is 18.5. The summed E-state index contributed by atoms with van der Waals surface area (Å²) in [6, 6.07) is 12.0. The lowest BCUT2D eigenvalue weighted by atomic mass is 10.1. The van der Waals surface area contributed by atoms with Crippen LogP contribution in [0.25, 0.3) is 0 Å². The van der Waals surface area contributed by atoms with E-state index in [-0.39, 0.29) is 40.4 Å². The number of allylic oxidation sites excluding steroid dienone is 2. The highest BCUT2D eigenvalue weighted by molar-refractivity contribution is 6.78. The quantitative estimate of drug-likeness (QED) is 0.305. The molecule has 1 N–H and O–H groups in total. The van der Waals surface area contributed by atoms with E-state index in [0.29, 0.717) is 17.9 Å². The second kappa shape index (κ2) is 12.7. The second-order valence-electron chi connectivity index (χ2n) is 12.0. The summed E-state index contributed by atoms with van der Waals surface area (Å²) in [5.74, 6) is 0.521. The van der Waals surface area contributed by atoms with E-state index >= 15 is 0 Å². The van der Waals surface area contributed by atoms with Crippen LogP contribution in [-0.4, -0.2) is 49.7 Å². The molecule has 0 saturated carbocycles. The van der Waals surface area contributed by atoms with Crippen molar-refractivity contribution in [3.63, 3.8) is 0 Å². The van der Waals surface area contributed by atoms with Gasteiger partial charge in [-0.25, -0.2) is 9.69 Å². The van der Waals surface area contributed by atoms with Crippen molar-refractivity contribution in [1.82, 2.24) is 4.90 Å². The molecule has 9 heteroatoms. The molecule has 2 amide bonds. The number of anilines is 1. The van der Waals surface area contributed by atoms with Crippen LogP contribution >= 0.6 is 0 Å². The number of carbonyl (C=O) groups excluding carboxylic acids is 2. The Kier molecular flexibility index (Phi) is 9.52. The minimum atomic E-state index is -2.45. The number of aliphatic hydroxyl groups excluding tert-OH is 1. The van der Waals surface area contributed by atoms with Crippen LogP contribution in [0.4, 0.5) is 10.5 Å². The summed E-state index contributed by atoms with van der Waals surface area (Å²) in [7, 11) is -0.903. The molecule has 0 saturated heterocycles. The number of carbonyl (C=O) groups is 2. The maximum atomic E-state index is 14.0. The normalized spacial score (nSPS) is 18.9. The zero-order valence-electron chi connectivity index (χ0n) is 26.0. The minimum Gasteiger partial charge on any atom is -0.540 e. The van der Waals surface area contributed by atoms with Crippen molar-refractivity contribution in [3.05, 3.63) is 77.5 Å². The van der Waals surface area contributed by atoms with E-state index in [1.165, 1.54) is 9.80 Å². The molecule has 0 aliphatic carbocycles. The number of ether oxygens (including phenoxy) is 2. The zero-order chi connectivity index (χ0) is 30.8.